The van der Waals surface area contributed by atoms with Crippen molar-refractivity contribution >= 4 is 29.9 Å². The molecule has 0 aliphatic heterocycles. The molecule has 0 saturated heterocycles. The van der Waals surface area contributed by atoms with Crippen molar-refractivity contribution in [1.29, 1.82) is 0 Å². The quantitative estimate of drug-likeness (QED) is 0.359. The first-order chi connectivity index (χ1) is 11.8. The minimum atomic E-state index is 0. The van der Waals surface area contributed by atoms with E-state index in [1.54, 1.807) is 7.05 Å². The second-order valence-electron chi connectivity index (χ2n) is 5.35. The van der Waals surface area contributed by atoms with Gasteiger partial charge in [0.05, 0.1) is 17.9 Å². The molecular weight excluding hydrogens is 425 g/mol. The highest BCUT2D eigenvalue weighted by Crippen LogP contribution is 2.06. The number of aromatic nitrogens is 2. The third kappa shape index (κ3) is 5.60. The van der Waals surface area contributed by atoms with E-state index in [0.29, 0.717) is 6.54 Å². The van der Waals surface area contributed by atoms with Crippen LogP contribution in [-0.4, -0.2) is 22.8 Å². The zero-order chi connectivity index (χ0) is 16.6. The smallest absolute Gasteiger partial charge is 0.191 e. The molecule has 3 rings (SSSR count). The lowest BCUT2D eigenvalue weighted by atomic mass is 10.2. The lowest BCUT2D eigenvalue weighted by Gasteiger charge is -2.11. The molecule has 0 saturated carbocycles. The number of para-hydroxylation sites is 1. The topological polar surface area (TPSA) is 54.2 Å². The van der Waals surface area contributed by atoms with Crippen LogP contribution in [-0.2, 0) is 13.1 Å². The van der Waals surface area contributed by atoms with E-state index in [1.807, 2.05) is 65.5 Å². The number of nitrogens with one attached hydrogen (secondary N) is 2. The van der Waals surface area contributed by atoms with Gasteiger partial charge >= 0.3 is 0 Å². The Balaban J connectivity index is 0.00000225. The van der Waals surface area contributed by atoms with Crippen LogP contribution in [0.5, 0.6) is 0 Å². The molecule has 0 fully saturated rings. The Bertz CT molecular complexity index is 784. The van der Waals surface area contributed by atoms with Crippen molar-refractivity contribution in [3.05, 3.63) is 84.2 Å². The second kappa shape index (κ2) is 9.83. The van der Waals surface area contributed by atoms with Crippen molar-refractivity contribution in [3.63, 3.8) is 0 Å². The summed E-state index contributed by atoms with van der Waals surface area (Å²) in [4.78, 5) is 4.24. The molecule has 0 aliphatic carbocycles. The van der Waals surface area contributed by atoms with Crippen LogP contribution in [0.3, 0.4) is 0 Å². The van der Waals surface area contributed by atoms with Gasteiger partial charge in [-0.1, -0.05) is 48.5 Å². The number of halogens is 1. The molecule has 2 N–H and O–H groups in total. The zero-order valence-electron chi connectivity index (χ0n) is 14.1. The Morgan fingerprint density at radius 2 is 1.56 bits per heavy atom. The van der Waals surface area contributed by atoms with E-state index in [4.69, 9.17) is 0 Å². The van der Waals surface area contributed by atoms with Crippen LogP contribution in [0.1, 0.15) is 11.3 Å². The molecule has 0 bridgehead atoms. The van der Waals surface area contributed by atoms with Gasteiger partial charge in [0.1, 0.15) is 0 Å². The highest BCUT2D eigenvalue weighted by atomic mass is 127. The normalized spacial score (nSPS) is 10.8. The average molecular weight is 447 g/mol. The molecule has 0 unspecified atom stereocenters. The van der Waals surface area contributed by atoms with Crippen LogP contribution in [0.15, 0.2) is 77.9 Å². The summed E-state index contributed by atoms with van der Waals surface area (Å²) in [5, 5.41) is 11.2. The van der Waals surface area contributed by atoms with Gasteiger partial charge < -0.3 is 10.6 Å². The second-order valence-corrected chi connectivity index (χ2v) is 5.35. The highest BCUT2D eigenvalue weighted by molar-refractivity contribution is 14.0. The van der Waals surface area contributed by atoms with Crippen LogP contribution in [0.4, 0.5) is 0 Å². The molecule has 5 nitrogen and oxygen atoms in total. The molecule has 2 aromatic carbocycles. The lowest BCUT2D eigenvalue weighted by Crippen LogP contribution is -2.36. The molecule has 0 radical (unpaired) electrons. The molecule has 6 heteroatoms. The number of hydrogen-bond acceptors (Lipinski definition) is 2. The molecule has 1 heterocycles. The Kier molecular flexibility index (Phi) is 7.46. The Morgan fingerprint density at radius 1 is 0.920 bits per heavy atom. The summed E-state index contributed by atoms with van der Waals surface area (Å²) in [5.74, 6) is 0.758. The number of rotatable bonds is 5. The molecule has 0 atom stereocenters. The van der Waals surface area contributed by atoms with Gasteiger partial charge in [-0.05, 0) is 23.8 Å². The first kappa shape index (κ1) is 19.0. The van der Waals surface area contributed by atoms with Crippen LogP contribution >= 0.6 is 24.0 Å². The monoisotopic (exact) mass is 447 g/mol. The number of hydrogen-bond donors (Lipinski definition) is 2. The molecule has 0 amide bonds. The summed E-state index contributed by atoms with van der Waals surface area (Å²) in [7, 11) is 1.77. The fraction of sp³-hybridized carbons (Fsp3) is 0.158. The van der Waals surface area contributed by atoms with E-state index in [2.05, 4.69) is 32.9 Å². The minimum Gasteiger partial charge on any atom is -0.352 e. The van der Waals surface area contributed by atoms with E-state index in [9.17, 15) is 0 Å². The summed E-state index contributed by atoms with van der Waals surface area (Å²) >= 11 is 0. The van der Waals surface area contributed by atoms with Crippen molar-refractivity contribution in [2.45, 2.75) is 13.1 Å². The van der Waals surface area contributed by atoms with Gasteiger partial charge in [0.2, 0.25) is 0 Å². The van der Waals surface area contributed by atoms with Crippen LogP contribution in [0, 0.1) is 0 Å². The van der Waals surface area contributed by atoms with Crippen LogP contribution in [0.2, 0.25) is 0 Å². The fourth-order valence-electron chi connectivity index (χ4n) is 2.36. The Morgan fingerprint density at radius 3 is 2.24 bits per heavy atom. The molecule has 25 heavy (non-hydrogen) atoms. The molecule has 0 spiro atoms. The largest absolute Gasteiger partial charge is 0.352 e. The van der Waals surface area contributed by atoms with Gasteiger partial charge in [0, 0.05) is 19.8 Å². The van der Waals surface area contributed by atoms with Crippen molar-refractivity contribution in [2.24, 2.45) is 4.99 Å². The van der Waals surface area contributed by atoms with Crippen LogP contribution < -0.4 is 10.6 Å². The minimum absolute atomic E-state index is 0. The van der Waals surface area contributed by atoms with E-state index in [-0.39, 0.29) is 24.0 Å². The Labute approximate surface area is 165 Å². The van der Waals surface area contributed by atoms with Gasteiger partial charge in [-0.25, -0.2) is 4.68 Å². The fourth-order valence-corrected chi connectivity index (χ4v) is 2.36. The number of nitrogens with zero attached hydrogens (tertiary/aromatic N) is 3. The Hall–Kier alpha value is -2.35. The maximum atomic E-state index is 4.58. The third-order valence-electron chi connectivity index (χ3n) is 3.63. The predicted octanol–water partition coefficient (Wildman–Crippen LogP) is 3.36. The van der Waals surface area contributed by atoms with Gasteiger partial charge in [0.25, 0.3) is 0 Å². The van der Waals surface area contributed by atoms with E-state index >= 15 is 0 Å². The maximum Gasteiger partial charge on any atom is 0.191 e. The molecule has 130 valence electrons. The molecule has 3 aromatic rings. The average Bonchev–Trinajstić information content (AvgIpc) is 3.12. The summed E-state index contributed by atoms with van der Waals surface area (Å²) < 4.78 is 1.87. The van der Waals surface area contributed by atoms with Gasteiger partial charge in [-0.3, -0.25) is 4.99 Å². The zero-order valence-corrected chi connectivity index (χ0v) is 16.4. The van der Waals surface area contributed by atoms with E-state index < -0.39 is 0 Å². The van der Waals surface area contributed by atoms with E-state index in [1.165, 1.54) is 5.56 Å². The summed E-state index contributed by atoms with van der Waals surface area (Å²) in [6, 6.07) is 22.3. The first-order valence-electron chi connectivity index (χ1n) is 7.93. The number of benzene rings is 2. The summed E-state index contributed by atoms with van der Waals surface area (Å²) in [6.45, 7) is 1.35. The first-order valence-corrected chi connectivity index (χ1v) is 7.93. The number of guanidine groups is 1. The summed E-state index contributed by atoms with van der Waals surface area (Å²) in [6.07, 6.45) is 1.96. The number of aliphatic imine (C=N–C) groups is 1. The maximum absolute atomic E-state index is 4.58. The van der Waals surface area contributed by atoms with Crippen LogP contribution in [0.25, 0.3) is 5.69 Å². The van der Waals surface area contributed by atoms with Gasteiger partial charge in [0.15, 0.2) is 5.96 Å². The molecule has 1 aromatic heterocycles. The van der Waals surface area contributed by atoms with Crippen molar-refractivity contribution in [2.75, 3.05) is 7.05 Å². The molecular formula is C19H22IN5. The third-order valence-corrected chi connectivity index (χ3v) is 3.63. The van der Waals surface area contributed by atoms with Crippen molar-refractivity contribution < 1.29 is 0 Å². The standard InChI is InChI=1S/C19H21N5.HI/c1-20-19(21-14-16-8-4-2-5-9-16)22-15-17-12-13-24(23-17)18-10-6-3-7-11-18;/h2-13H,14-15H2,1H3,(H2,20,21,22);1H. The molecule has 0 aliphatic rings. The van der Waals surface area contributed by atoms with Crippen molar-refractivity contribution in [3.8, 4) is 5.69 Å². The lowest BCUT2D eigenvalue weighted by molar-refractivity contribution is 0.768. The summed E-state index contributed by atoms with van der Waals surface area (Å²) in [5.41, 5.74) is 3.23. The van der Waals surface area contributed by atoms with E-state index in [0.717, 1.165) is 23.9 Å². The highest BCUT2D eigenvalue weighted by Gasteiger charge is 2.03. The van der Waals surface area contributed by atoms with Gasteiger partial charge in [-0.15, -0.1) is 24.0 Å². The van der Waals surface area contributed by atoms with Crippen molar-refractivity contribution in [1.82, 2.24) is 20.4 Å². The SMILES string of the molecule is CN=C(NCc1ccccc1)NCc1ccn(-c2ccccc2)n1.I. The van der Waals surface area contributed by atoms with Gasteiger partial charge in [-0.2, -0.15) is 5.10 Å². The predicted molar refractivity (Wildman–Crippen MR) is 112 cm³/mol.